The number of hydrogen-bond acceptors (Lipinski definition) is 1. The van der Waals surface area contributed by atoms with Crippen molar-refractivity contribution >= 4 is 17.7 Å². The van der Waals surface area contributed by atoms with Crippen molar-refractivity contribution in [3.63, 3.8) is 0 Å². The van der Waals surface area contributed by atoms with Crippen molar-refractivity contribution in [3.05, 3.63) is 35.5 Å². The summed E-state index contributed by atoms with van der Waals surface area (Å²) in [6.07, 6.45) is 0. The zero-order valence-electron chi connectivity index (χ0n) is 7.92. The maximum absolute atomic E-state index is 8.00. The highest BCUT2D eigenvalue weighted by molar-refractivity contribution is 5.83. The van der Waals surface area contributed by atoms with E-state index in [1.54, 1.807) is 0 Å². The number of nitrogens with one attached hydrogen (secondary N) is 1. The molecule has 1 aromatic carbocycles. The summed E-state index contributed by atoms with van der Waals surface area (Å²) in [5.74, 6) is 0. The van der Waals surface area contributed by atoms with Crippen molar-refractivity contribution < 1.29 is 4.79 Å². The van der Waals surface area contributed by atoms with E-state index in [4.69, 9.17) is 4.79 Å². The molecule has 13 heavy (non-hydrogen) atoms. The molecule has 2 aromatic rings. The Balaban J connectivity index is 0.000000396. The van der Waals surface area contributed by atoms with Gasteiger partial charge in [-0.3, -0.25) is 0 Å². The monoisotopic (exact) mass is 175 g/mol. The number of rotatable bonds is 0. The molecule has 0 unspecified atom stereocenters. The van der Waals surface area contributed by atoms with Crippen molar-refractivity contribution in [1.82, 2.24) is 4.98 Å². The topological polar surface area (TPSA) is 32.9 Å². The Kier molecular flexibility index (Phi) is 2.85. The quantitative estimate of drug-likeness (QED) is 0.656. The highest BCUT2D eigenvalue weighted by atomic mass is 16.1. The van der Waals surface area contributed by atoms with Crippen molar-refractivity contribution in [3.8, 4) is 0 Å². The van der Waals surface area contributed by atoms with E-state index in [1.165, 1.54) is 22.2 Å². The lowest BCUT2D eigenvalue weighted by molar-refractivity contribution is -0.0979. The number of benzene rings is 1. The second-order valence-electron chi connectivity index (χ2n) is 2.99. The van der Waals surface area contributed by atoms with Gasteiger partial charge in [-0.25, -0.2) is 0 Å². The van der Waals surface area contributed by atoms with Crippen LogP contribution in [0.3, 0.4) is 0 Å². The molecule has 2 heteroatoms. The Morgan fingerprint density at radius 1 is 1.23 bits per heavy atom. The summed E-state index contributed by atoms with van der Waals surface area (Å²) < 4.78 is 0. The maximum atomic E-state index is 8.00. The summed E-state index contributed by atoms with van der Waals surface area (Å²) in [7, 11) is 0. The molecular formula is C11H13NO. The summed E-state index contributed by atoms with van der Waals surface area (Å²) in [6, 6.07) is 8.50. The van der Waals surface area contributed by atoms with Crippen LogP contribution in [0.1, 0.15) is 11.3 Å². The Labute approximate surface area is 77.6 Å². The van der Waals surface area contributed by atoms with Crippen molar-refractivity contribution in [1.29, 1.82) is 0 Å². The lowest BCUT2D eigenvalue weighted by atomic mass is 10.1. The van der Waals surface area contributed by atoms with Crippen LogP contribution in [0.2, 0.25) is 0 Å². The highest BCUT2D eigenvalue weighted by Crippen LogP contribution is 2.18. The molecule has 1 aromatic heterocycles. The number of aromatic nitrogens is 1. The van der Waals surface area contributed by atoms with Gasteiger partial charge in [-0.2, -0.15) is 0 Å². The smallest absolute Gasteiger partial charge is 0.106 e. The number of aromatic amines is 1. The maximum Gasteiger partial charge on any atom is 0.106 e. The summed E-state index contributed by atoms with van der Waals surface area (Å²) >= 11 is 0. The van der Waals surface area contributed by atoms with E-state index >= 15 is 0 Å². The molecule has 0 spiro atoms. The second kappa shape index (κ2) is 3.90. The van der Waals surface area contributed by atoms with Crippen molar-refractivity contribution in [2.75, 3.05) is 0 Å². The first-order chi connectivity index (χ1) is 6.27. The molecule has 0 aliphatic heterocycles. The van der Waals surface area contributed by atoms with Gasteiger partial charge in [0, 0.05) is 16.6 Å². The van der Waals surface area contributed by atoms with Gasteiger partial charge in [0.2, 0.25) is 0 Å². The van der Waals surface area contributed by atoms with Gasteiger partial charge in [0.1, 0.15) is 6.79 Å². The lowest BCUT2D eigenvalue weighted by Crippen LogP contribution is -1.71. The van der Waals surface area contributed by atoms with E-state index in [0.717, 1.165) is 0 Å². The molecule has 0 bridgehead atoms. The van der Waals surface area contributed by atoms with Crippen molar-refractivity contribution in [2.45, 2.75) is 13.8 Å². The minimum Gasteiger partial charge on any atom is -0.359 e. The second-order valence-corrected chi connectivity index (χ2v) is 2.99. The molecule has 0 saturated heterocycles. The summed E-state index contributed by atoms with van der Waals surface area (Å²) in [5.41, 5.74) is 3.81. The molecule has 68 valence electrons. The van der Waals surface area contributed by atoms with Crippen LogP contribution in [0, 0.1) is 13.8 Å². The fraction of sp³-hybridized carbons (Fsp3) is 0.182. The van der Waals surface area contributed by atoms with Gasteiger partial charge in [-0.15, -0.1) is 0 Å². The van der Waals surface area contributed by atoms with Gasteiger partial charge in [-0.1, -0.05) is 12.1 Å². The van der Waals surface area contributed by atoms with Crippen LogP contribution >= 0.6 is 0 Å². The predicted octanol–water partition coefficient (Wildman–Crippen LogP) is 2.60. The third-order valence-corrected chi connectivity index (χ3v) is 2.02. The Morgan fingerprint density at radius 2 is 1.92 bits per heavy atom. The molecule has 2 nitrogen and oxygen atoms in total. The highest BCUT2D eigenvalue weighted by Gasteiger charge is 1.97. The number of aryl methyl sites for hydroxylation is 2. The zero-order valence-corrected chi connectivity index (χ0v) is 7.92. The molecule has 0 aliphatic rings. The van der Waals surface area contributed by atoms with Crippen LogP contribution < -0.4 is 0 Å². The minimum atomic E-state index is 1.23. The first-order valence-corrected chi connectivity index (χ1v) is 4.11. The molecule has 0 fully saturated rings. The van der Waals surface area contributed by atoms with E-state index < -0.39 is 0 Å². The summed E-state index contributed by atoms with van der Waals surface area (Å²) in [6.45, 7) is 6.22. The predicted molar refractivity (Wildman–Crippen MR) is 54.9 cm³/mol. The van der Waals surface area contributed by atoms with E-state index in [1.807, 2.05) is 6.79 Å². The van der Waals surface area contributed by atoms with Crippen LogP contribution in [0.15, 0.2) is 24.3 Å². The van der Waals surface area contributed by atoms with Crippen LogP contribution in [0.5, 0.6) is 0 Å². The molecule has 0 radical (unpaired) electrons. The van der Waals surface area contributed by atoms with Gasteiger partial charge in [0.25, 0.3) is 0 Å². The summed E-state index contributed by atoms with van der Waals surface area (Å²) in [5, 5.41) is 1.34. The summed E-state index contributed by atoms with van der Waals surface area (Å²) in [4.78, 5) is 11.3. The normalized spacial score (nSPS) is 9.38. The van der Waals surface area contributed by atoms with Gasteiger partial charge >= 0.3 is 0 Å². The third kappa shape index (κ3) is 1.78. The van der Waals surface area contributed by atoms with Gasteiger partial charge in [0.05, 0.1) is 0 Å². The molecule has 0 aliphatic carbocycles. The Hall–Kier alpha value is -1.57. The third-order valence-electron chi connectivity index (χ3n) is 2.02. The van der Waals surface area contributed by atoms with Crippen LogP contribution in [0.4, 0.5) is 0 Å². The average Bonchev–Trinajstić information content (AvgIpc) is 2.51. The Morgan fingerprint density at radius 3 is 2.54 bits per heavy atom. The molecule has 1 N–H and O–H groups in total. The fourth-order valence-corrected chi connectivity index (χ4v) is 1.45. The standard InChI is InChI=1S/C10H11N.CH2O/c1-7-4-3-5-10-9(7)6-8(2)11-10;1-2/h3-6,11H,1-2H3;1H2. The molecule has 1 heterocycles. The van der Waals surface area contributed by atoms with Gasteiger partial charge < -0.3 is 9.78 Å². The fourth-order valence-electron chi connectivity index (χ4n) is 1.45. The van der Waals surface area contributed by atoms with E-state index in [9.17, 15) is 0 Å². The first kappa shape index (κ1) is 9.52. The number of H-pyrrole nitrogens is 1. The Bertz CT molecular complexity index is 403. The number of hydrogen-bond donors (Lipinski definition) is 1. The molecule has 0 atom stereocenters. The minimum absolute atomic E-state index is 1.23. The average molecular weight is 175 g/mol. The largest absolute Gasteiger partial charge is 0.359 e. The van der Waals surface area contributed by atoms with Crippen LogP contribution in [0.25, 0.3) is 10.9 Å². The van der Waals surface area contributed by atoms with Crippen LogP contribution in [-0.4, -0.2) is 11.8 Å². The lowest BCUT2D eigenvalue weighted by Gasteiger charge is -1.92. The van der Waals surface area contributed by atoms with Crippen LogP contribution in [-0.2, 0) is 4.79 Å². The number of fused-ring (bicyclic) bond motifs is 1. The number of carbonyl (C=O) groups excluding carboxylic acids is 1. The SMILES string of the molecule is C=O.Cc1cc2c(C)cccc2[nH]1. The molecular weight excluding hydrogens is 162 g/mol. The van der Waals surface area contributed by atoms with E-state index in [0.29, 0.717) is 0 Å². The van der Waals surface area contributed by atoms with Gasteiger partial charge in [-0.05, 0) is 31.5 Å². The number of carbonyl (C=O) groups is 1. The molecule has 2 rings (SSSR count). The molecule has 0 saturated carbocycles. The first-order valence-electron chi connectivity index (χ1n) is 4.11. The van der Waals surface area contributed by atoms with Gasteiger partial charge in [0.15, 0.2) is 0 Å². The van der Waals surface area contributed by atoms with Crippen molar-refractivity contribution in [2.24, 2.45) is 0 Å². The van der Waals surface area contributed by atoms with E-state index in [-0.39, 0.29) is 0 Å². The van der Waals surface area contributed by atoms with E-state index in [2.05, 4.69) is 43.1 Å². The zero-order chi connectivity index (χ0) is 9.84. The molecule has 0 amide bonds.